The van der Waals surface area contributed by atoms with Crippen LogP contribution in [0.4, 0.5) is 0 Å². The first kappa shape index (κ1) is 18.4. The van der Waals surface area contributed by atoms with E-state index in [-0.39, 0.29) is 6.04 Å². The number of rotatable bonds is 7. The topological polar surface area (TPSA) is 66.8 Å². The highest BCUT2D eigenvalue weighted by Gasteiger charge is 2.42. The monoisotopic (exact) mass is 384 g/mol. The molecule has 3 aliphatic rings. The molecule has 0 radical (unpaired) electrons. The summed E-state index contributed by atoms with van der Waals surface area (Å²) in [5.41, 5.74) is 2.05. The van der Waals surface area contributed by atoms with Crippen molar-refractivity contribution >= 4 is 23.0 Å². The summed E-state index contributed by atoms with van der Waals surface area (Å²) in [5, 5.41) is 1.05. The standard InChI is InChI=1S/C20H24N4O2S/c1-3-13-12-24-9-7-14(13)10-19(24)20(22-27-23-25)16-6-8-21-18-5-4-15(26-2)11-17(16)18/h3-6,8,11,13-14,19-20,22H,1,7,9-10,12H2,2H3. The minimum Gasteiger partial charge on any atom is -0.497 e. The Hall–Kier alpha value is -1.96. The van der Waals surface area contributed by atoms with Gasteiger partial charge in [-0.15, -0.1) is 11.5 Å². The summed E-state index contributed by atoms with van der Waals surface area (Å²) in [6.07, 6.45) is 6.23. The van der Waals surface area contributed by atoms with Crippen LogP contribution in [0, 0.1) is 16.7 Å². The Balaban J connectivity index is 1.74. The molecule has 4 heterocycles. The highest BCUT2D eigenvalue weighted by Crippen LogP contribution is 2.42. The number of hydrogen-bond donors (Lipinski definition) is 1. The second-order valence-corrected chi connectivity index (χ2v) is 7.86. The summed E-state index contributed by atoms with van der Waals surface area (Å²) in [7, 11) is 1.67. The van der Waals surface area contributed by atoms with Gasteiger partial charge in [-0.1, -0.05) is 6.08 Å². The molecule has 1 N–H and O–H groups in total. The number of methoxy groups -OCH3 is 1. The molecule has 142 valence electrons. The third-order valence-corrected chi connectivity index (χ3v) is 6.51. The third kappa shape index (κ3) is 3.47. The number of nitrogens with one attached hydrogen (secondary N) is 1. The molecular formula is C20H24N4O2S. The normalized spacial score (nSPS) is 28.0. The third-order valence-electron chi connectivity index (χ3n) is 6.07. The van der Waals surface area contributed by atoms with E-state index in [1.54, 1.807) is 7.11 Å². The summed E-state index contributed by atoms with van der Waals surface area (Å²) < 4.78 is 11.7. The highest BCUT2D eigenvalue weighted by atomic mass is 32.2. The summed E-state index contributed by atoms with van der Waals surface area (Å²) in [6.45, 7) is 6.13. The van der Waals surface area contributed by atoms with E-state index >= 15 is 0 Å². The van der Waals surface area contributed by atoms with Gasteiger partial charge in [-0.05, 0) is 61.1 Å². The molecule has 5 unspecified atom stereocenters. The first-order valence-electron chi connectivity index (χ1n) is 9.28. The fraction of sp³-hybridized carbons (Fsp3) is 0.450. The van der Waals surface area contributed by atoms with Gasteiger partial charge >= 0.3 is 0 Å². The van der Waals surface area contributed by atoms with E-state index in [4.69, 9.17) is 4.74 Å². The fourth-order valence-electron chi connectivity index (χ4n) is 4.70. The number of nitroso groups, excluding NO2 is 1. The fourth-order valence-corrected chi connectivity index (χ4v) is 5.14. The van der Waals surface area contributed by atoms with Crippen molar-refractivity contribution in [2.24, 2.45) is 16.4 Å². The van der Waals surface area contributed by atoms with Crippen LogP contribution < -0.4 is 9.46 Å². The van der Waals surface area contributed by atoms with Crippen molar-refractivity contribution in [2.45, 2.75) is 24.9 Å². The quantitative estimate of drug-likeness (QED) is 0.440. The van der Waals surface area contributed by atoms with Crippen LogP contribution in [0.5, 0.6) is 5.75 Å². The van der Waals surface area contributed by atoms with Crippen molar-refractivity contribution in [1.29, 1.82) is 0 Å². The van der Waals surface area contributed by atoms with Gasteiger partial charge in [-0.3, -0.25) is 9.88 Å². The molecule has 0 amide bonds. The number of fused-ring (bicyclic) bond motifs is 4. The molecule has 7 heteroatoms. The lowest BCUT2D eigenvalue weighted by Crippen LogP contribution is -2.56. The Morgan fingerprint density at radius 2 is 2.37 bits per heavy atom. The minimum atomic E-state index is -0.0149. The number of nitrogens with zero attached hydrogens (tertiary/aromatic N) is 3. The number of aromatic nitrogens is 1. The number of hydrogen-bond acceptors (Lipinski definition) is 7. The molecule has 3 aliphatic heterocycles. The maximum absolute atomic E-state index is 10.8. The average Bonchev–Trinajstić information content (AvgIpc) is 2.74. The van der Waals surface area contributed by atoms with Crippen molar-refractivity contribution in [3.63, 3.8) is 0 Å². The molecule has 3 saturated heterocycles. The second-order valence-electron chi connectivity index (χ2n) is 7.29. The van der Waals surface area contributed by atoms with Gasteiger partial charge in [0.1, 0.15) is 17.9 Å². The van der Waals surface area contributed by atoms with Crippen LogP contribution >= 0.6 is 12.1 Å². The highest BCUT2D eigenvalue weighted by molar-refractivity contribution is 7.96. The number of benzene rings is 1. The van der Waals surface area contributed by atoms with Crippen molar-refractivity contribution in [3.8, 4) is 5.75 Å². The van der Waals surface area contributed by atoms with Crippen molar-refractivity contribution < 1.29 is 4.74 Å². The molecule has 2 bridgehead atoms. The predicted octanol–water partition coefficient (Wildman–Crippen LogP) is 4.10. The van der Waals surface area contributed by atoms with Gasteiger partial charge in [-0.25, -0.2) is 4.72 Å². The van der Waals surface area contributed by atoms with E-state index in [0.29, 0.717) is 17.9 Å². The smallest absolute Gasteiger partial charge is 0.119 e. The Morgan fingerprint density at radius 1 is 1.48 bits per heavy atom. The molecule has 0 spiro atoms. The van der Waals surface area contributed by atoms with Crippen LogP contribution in [0.2, 0.25) is 0 Å². The van der Waals surface area contributed by atoms with Crippen LogP contribution in [-0.4, -0.2) is 36.1 Å². The molecule has 2 aromatic rings. The molecule has 5 rings (SSSR count). The number of ether oxygens (including phenoxy) is 1. The van der Waals surface area contributed by atoms with E-state index in [9.17, 15) is 4.91 Å². The zero-order valence-electron chi connectivity index (χ0n) is 15.4. The lowest BCUT2D eigenvalue weighted by atomic mass is 9.73. The van der Waals surface area contributed by atoms with Gasteiger partial charge in [0.2, 0.25) is 0 Å². The molecule has 3 fully saturated rings. The molecule has 5 atom stereocenters. The molecule has 1 aromatic carbocycles. The number of piperidine rings is 3. The lowest BCUT2D eigenvalue weighted by Gasteiger charge is -2.51. The maximum Gasteiger partial charge on any atom is 0.119 e. The van der Waals surface area contributed by atoms with E-state index in [1.165, 1.54) is 6.42 Å². The van der Waals surface area contributed by atoms with Gasteiger partial charge in [0, 0.05) is 28.8 Å². The Bertz CT molecular complexity index is 846. The molecule has 0 aliphatic carbocycles. The van der Waals surface area contributed by atoms with Crippen LogP contribution in [-0.2, 0) is 0 Å². The van der Waals surface area contributed by atoms with E-state index in [1.807, 2.05) is 30.5 Å². The van der Waals surface area contributed by atoms with Crippen molar-refractivity contribution in [1.82, 2.24) is 14.6 Å². The molecule has 0 saturated carbocycles. The zero-order valence-corrected chi connectivity index (χ0v) is 16.2. The lowest BCUT2D eigenvalue weighted by molar-refractivity contribution is 0.00532. The van der Waals surface area contributed by atoms with Crippen LogP contribution in [0.15, 0.2) is 47.7 Å². The van der Waals surface area contributed by atoms with Crippen LogP contribution in [0.1, 0.15) is 24.4 Å². The predicted molar refractivity (Wildman–Crippen MR) is 109 cm³/mol. The Morgan fingerprint density at radius 3 is 3.07 bits per heavy atom. The van der Waals surface area contributed by atoms with E-state index < -0.39 is 0 Å². The molecule has 27 heavy (non-hydrogen) atoms. The largest absolute Gasteiger partial charge is 0.497 e. The van der Waals surface area contributed by atoms with Gasteiger partial charge < -0.3 is 4.74 Å². The van der Waals surface area contributed by atoms with Crippen LogP contribution in [0.3, 0.4) is 0 Å². The summed E-state index contributed by atoms with van der Waals surface area (Å²) in [5.74, 6) is 2.01. The first-order chi connectivity index (χ1) is 13.2. The average molecular weight is 385 g/mol. The SMILES string of the molecule is C=CC1CN2CCC1CC2C(NSN=O)c1ccnc2ccc(OC)cc12. The molecular weight excluding hydrogens is 360 g/mol. The Labute approximate surface area is 163 Å². The van der Waals surface area contributed by atoms with Gasteiger partial charge in [-0.2, -0.15) is 0 Å². The van der Waals surface area contributed by atoms with Crippen LogP contribution in [0.25, 0.3) is 10.9 Å². The summed E-state index contributed by atoms with van der Waals surface area (Å²) in [4.78, 5) is 17.9. The van der Waals surface area contributed by atoms with Gasteiger partial charge in [0.05, 0.1) is 18.7 Å². The van der Waals surface area contributed by atoms with Crippen molar-refractivity contribution in [3.05, 3.63) is 53.6 Å². The maximum atomic E-state index is 10.8. The number of pyridine rings is 1. The van der Waals surface area contributed by atoms with E-state index in [0.717, 1.165) is 53.9 Å². The summed E-state index contributed by atoms with van der Waals surface area (Å²) >= 11 is 0.878. The van der Waals surface area contributed by atoms with Crippen molar-refractivity contribution in [2.75, 3.05) is 20.2 Å². The molecule has 6 nitrogen and oxygen atoms in total. The van der Waals surface area contributed by atoms with Gasteiger partial charge in [0.15, 0.2) is 0 Å². The van der Waals surface area contributed by atoms with Gasteiger partial charge in [0.25, 0.3) is 0 Å². The van der Waals surface area contributed by atoms with E-state index in [2.05, 4.69) is 31.8 Å². The first-order valence-corrected chi connectivity index (χ1v) is 10.1. The second kappa shape index (κ2) is 7.96. The molecule has 1 aromatic heterocycles. The summed E-state index contributed by atoms with van der Waals surface area (Å²) in [6, 6.07) is 8.25. The Kier molecular flexibility index (Phi) is 5.43. The zero-order chi connectivity index (χ0) is 18.8. The minimum absolute atomic E-state index is 0.0149.